The van der Waals surface area contributed by atoms with Crippen LogP contribution in [0.15, 0.2) is 30.9 Å². The van der Waals surface area contributed by atoms with Crippen LogP contribution in [0.4, 0.5) is 4.79 Å². The van der Waals surface area contributed by atoms with Gasteiger partial charge in [0.2, 0.25) is 0 Å². The van der Waals surface area contributed by atoms with E-state index in [2.05, 4.69) is 4.98 Å². The van der Waals surface area contributed by atoms with Crippen LogP contribution in [0.5, 0.6) is 5.75 Å². The van der Waals surface area contributed by atoms with Gasteiger partial charge in [-0.3, -0.25) is 4.57 Å². The van der Waals surface area contributed by atoms with E-state index in [0.717, 1.165) is 6.42 Å². The zero-order valence-corrected chi connectivity index (χ0v) is 18.4. The molecular formula is C15H16Cl3N3O2Zn. The predicted octanol–water partition coefficient (Wildman–Crippen LogP) is 4.60. The summed E-state index contributed by atoms with van der Waals surface area (Å²) in [5.41, 5.74) is 0. The molecular weight excluding hydrogens is 426 g/mol. The second-order valence-electron chi connectivity index (χ2n) is 4.79. The van der Waals surface area contributed by atoms with E-state index in [1.54, 1.807) is 29.4 Å². The largest absolute Gasteiger partial charge is 0.489 e. The fraction of sp³-hybridized carbons (Fsp3) is 0.333. The zero-order chi connectivity index (χ0) is 16.8. The van der Waals surface area contributed by atoms with Gasteiger partial charge in [0.05, 0.1) is 16.6 Å². The molecule has 0 aliphatic heterocycles. The van der Waals surface area contributed by atoms with Gasteiger partial charge < -0.3 is 9.64 Å². The number of hydrogen-bond donors (Lipinski definition) is 0. The summed E-state index contributed by atoms with van der Waals surface area (Å²) < 4.78 is 7.05. The first-order chi connectivity index (χ1) is 11.0. The van der Waals surface area contributed by atoms with Crippen molar-refractivity contribution in [3.05, 3.63) is 45.9 Å². The molecule has 0 saturated carbocycles. The van der Waals surface area contributed by atoms with Crippen molar-refractivity contribution in [1.82, 2.24) is 14.5 Å². The van der Waals surface area contributed by atoms with E-state index in [4.69, 9.17) is 39.5 Å². The number of rotatable bonds is 6. The summed E-state index contributed by atoms with van der Waals surface area (Å²) in [6.07, 6.45) is 5.48. The second kappa shape index (κ2) is 10.2. The van der Waals surface area contributed by atoms with Crippen LogP contribution in [0.2, 0.25) is 15.1 Å². The van der Waals surface area contributed by atoms with Gasteiger partial charge in [0.1, 0.15) is 12.9 Å². The maximum absolute atomic E-state index is 12.3. The molecule has 0 aliphatic rings. The third-order valence-corrected chi connectivity index (χ3v) is 3.84. The molecule has 9 heteroatoms. The molecule has 1 amide bonds. The maximum atomic E-state index is 12.3. The second-order valence-corrected chi connectivity index (χ2v) is 6.04. The SMILES string of the molecule is CCCN(CCOc1c(Cl)cc(Cl)cc1Cl)C(=O)n1ccnc1.[Zn]. The Kier molecular flexibility index (Phi) is 9.07. The number of imidazole rings is 1. The first-order valence-electron chi connectivity index (χ1n) is 7.07. The number of aromatic nitrogens is 2. The molecule has 1 aromatic carbocycles. The Balaban J connectivity index is 0.00000288. The van der Waals surface area contributed by atoms with Gasteiger partial charge in [-0.05, 0) is 18.6 Å². The van der Waals surface area contributed by atoms with Crippen LogP contribution in [0, 0.1) is 0 Å². The molecule has 0 saturated heterocycles. The summed E-state index contributed by atoms with van der Waals surface area (Å²) in [6.45, 7) is 3.28. The molecule has 0 N–H and O–H groups in total. The van der Waals surface area contributed by atoms with E-state index in [1.807, 2.05) is 6.92 Å². The van der Waals surface area contributed by atoms with Crippen molar-refractivity contribution in [3.63, 3.8) is 0 Å². The minimum atomic E-state index is -0.152. The number of amides is 1. The van der Waals surface area contributed by atoms with Gasteiger partial charge in [0.25, 0.3) is 0 Å². The summed E-state index contributed by atoms with van der Waals surface area (Å²) in [5.74, 6) is 0.365. The third kappa shape index (κ3) is 5.63. The molecule has 0 atom stereocenters. The van der Waals surface area contributed by atoms with E-state index in [1.165, 1.54) is 10.9 Å². The van der Waals surface area contributed by atoms with E-state index in [9.17, 15) is 4.79 Å². The van der Waals surface area contributed by atoms with Crippen molar-refractivity contribution >= 4 is 40.8 Å². The van der Waals surface area contributed by atoms with Crippen molar-refractivity contribution < 1.29 is 29.0 Å². The van der Waals surface area contributed by atoms with Gasteiger partial charge in [-0.2, -0.15) is 0 Å². The molecule has 0 bridgehead atoms. The van der Waals surface area contributed by atoms with Crippen molar-refractivity contribution in [3.8, 4) is 5.75 Å². The summed E-state index contributed by atoms with van der Waals surface area (Å²) in [4.78, 5) is 17.9. The van der Waals surface area contributed by atoms with Crippen LogP contribution in [-0.4, -0.2) is 40.2 Å². The van der Waals surface area contributed by atoms with E-state index in [-0.39, 0.29) is 32.1 Å². The fourth-order valence-electron chi connectivity index (χ4n) is 2.03. The average molecular weight is 442 g/mol. The van der Waals surface area contributed by atoms with Crippen LogP contribution in [-0.2, 0) is 19.5 Å². The maximum Gasteiger partial charge on any atom is 0.329 e. The zero-order valence-electron chi connectivity index (χ0n) is 13.2. The van der Waals surface area contributed by atoms with E-state index < -0.39 is 0 Å². The number of nitrogens with zero attached hydrogens (tertiary/aromatic N) is 3. The molecule has 1 aromatic heterocycles. The van der Waals surface area contributed by atoms with E-state index >= 15 is 0 Å². The molecule has 2 aromatic rings. The summed E-state index contributed by atoms with van der Waals surface area (Å²) >= 11 is 18.0. The van der Waals surface area contributed by atoms with Crippen molar-refractivity contribution in [2.75, 3.05) is 19.7 Å². The Morgan fingerprint density at radius 2 is 1.92 bits per heavy atom. The standard InChI is InChI=1S/C15H16Cl3N3O2.Zn/c1-2-4-20(15(22)21-5-3-19-10-21)6-7-23-14-12(17)8-11(16)9-13(14)18;/h3,5,8-10H,2,4,6-7H2,1H3;. The molecule has 5 nitrogen and oxygen atoms in total. The quantitative estimate of drug-likeness (QED) is 0.615. The third-order valence-electron chi connectivity index (χ3n) is 3.06. The van der Waals surface area contributed by atoms with Crippen molar-refractivity contribution in [2.24, 2.45) is 0 Å². The van der Waals surface area contributed by atoms with Crippen molar-refractivity contribution in [2.45, 2.75) is 13.3 Å². The van der Waals surface area contributed by atoms with E-state index in [0.29, 0.717) is 33.9 Å². The first-order valence-corrected chi connectivity index (χ1v) is 8.21. The van der Waals surface area contributed by atoms with Crippen LogP contribution in [0.3, 0.4) is 0 Å². The Morgan fingerprint density at radius 3 is 2.46 bits per heavy atom. The summed E-state index contributed by atoms with van der Waals surface area (Å²) in [7, 11) is 0. The van der Waals surface area contributed by atoms with Crippen LogP contribution >= 0.6 is 34.8 Å². The fourth-order valence-corrected chi connectivity index (χ4v) is 2.96. The van der Waals surface area contributed by atoms with Gasteiger partial charge in [0.15, 0.2) is 5.75 Å². The summed E-state index contributed by atoms with van der Waals surface area (Å²) in [5, 5.41) is 1.12. The van der Waals surface area contributed by atoms with Gasteiger partial charge in [-0.15, -0.1) is 0 Å². The minimum absolute atomic E-state index is 0. The van der Waals surface area contributed by atoms with Crippen molar-refractivity contribution in [1.29, 1.82) is 0 Å². The number of ether oxygens (including phenoxy) is 1. The molecule has 2 rings (SSSR count). The normalized spacial score (nSPS) is 10.2. The number of hydrogen-bond acceptors (Lipinski definition) is 3. The summed E-state index contributed by atoms with van der Waals surface area (Å²) in [6, 6.07) is 2.97. The Labute approximate surface area is 168 Å². The molecule has 126 valence electrons. The Bertz CT molecular complexity index is 645. The number of benzene rings is 1. The monoisotopic (exact) mass is 439 g/mol. The van der Waals surface area contributed by atoms with Crippen LogP contribution in [0.25, 0.3) is 0 Å². The molecule has 1 heterocycles. The molecule has 0 radical (unpaired) electrons. The molecule has 0 spiro atoms. The number of carbonyl (C=O) groups is 1. The molecule has 0 unspecified atom stereocenters. The minimum Gasteiger partial charge on any atom is -0.489 e. The van der Waals surface area contributed by atoms with Crippen LogP contribution in [0.1, 0.15) is 13.3 Å². The smallest absolute Gasteiger partial charge is 0.329 e. The number of carbonyl (C=O) groups excluding carboxylic acids is 1. The molecule has 24 heavy (non-hydrogen) atoms. The van der Waals surface area contributed by atoms with Crippen LogP contribution < -0.4 is 4.74 Å². The van der Waals surface area contributed by atoms with Gasteiger partial charge in [0, 0.05) is 43.4 Å². The first kappa shape index (κ1) is 21.2. The van der Waals surface area contributed by atoms with Gasteiger partial charge in [-0.25, -0.2) is 9.78 Å². The van der Waals surface area contributed by atoms with Gasteiger partial charge >= 0.3 is 6.03 Å². The Morgan fingerprint density at radius 1 is 1.25 bits per heavy atom. The topological polar surface area (TPSA) is 47.4 Å². The predicted molar refractivity (Wildman–Crippen MR) is 91.9 cm³/mol. The number of halogens is 3. The average Bonchev–Trinajstić information content (AvgIpc) is 3.02. The Hall–Kier alpha value is -0.807. The van der Waals surface area contributed by atoms with Gasteiger partial charge in [-0.1, -0.05) is 41.7 Å². The molecule has 0 aliphatic carbocycles. The molecule has 0 fully saturated rings.